The normalized spacial score (nSPS) is 11.4. The van der Waals surface area contributed by atoms with Crippen LogP contribution in [0.2, 0.25) is 5.28 Å². The molecule has 1 amide bonds. The van der Waals surface area contributed by atoms with Crippen molar-refractivity contribution in [3.63, 3.8) is 0 Å². The van der Waals surface area contributed by atoms with Crippen LogP contribution in [0, 0.1) is 12.8 Å². The summed E-state index contributed by atoms with van der Waals surface area (Å²) >= 11 is 5.85. The van der Waals surface area contributed by atoms with Gasteiger partial charge in [-0.3, -0.25) is 5.01 Å². The van der Waals surface area contributed by atoms with Crippen LogP contribution in [0.1, 0.15) is 40.2 Å². The topological polar surface area (TPSA) is 67.4 Å². The van der Waals surface area contributed by atoms with Crippen LogP contribution in [0.15, 0.2) is 6.20 Å². The molecular formula is C14H23ClN4O2. The first kappa shape index (κ1) is 17.5. The molecule has 0 aliphatic rings. The van der Waals surface area contributed by atoms with E-state index in [0.717, 1.165) is 5.56 Å². The highest BCUT2D eigenvalue weighted by Gasteiger charge is 2.21. The van der Waals surface area contributed by atoms with Crippen molar-refractivity contribution in [2.24, 2.45) is 5.92 Å². The molecule has 0 radical (unpaired) electrons. The summed E-state index contributed by atoms with van der Waals surface area (Å²) in [6.07, 6.45) is 1.09. The van der Waals surface area contributed by atoms with Crippen LogP contribution in [-0.2, 0) is 4.74 Å². The highest BCUT2D eigenvalue weighted by atomic mass is 35.5. The van der Waals surface area contributed by atoms with Gasteiger partial charge in [0.15, 0.2) is 5.82 Å². The van der Waals surface area contributed by atoms with Crippen LogP contribution in [0.4, 0.5) is 10.6 Å². The van der Waals surface area contributed by atoms with Crippen LogP contribution in [0.5, 0.6) is 0 Å². The van der Waals surface area contributed by atoms with Gasteiger partial charge in [0.25, 0.3) is 0 Å². The van der Waals surface area contributed by atoms with Crippen molar-refractivity contribution in [1.29, 1.82) is 0 Å². The van der Waals surface area contributed by atoms with Gasteiger partial charge in [-0.2, -0.15) is 4.98 Å². The maximum Gasteiger partial charge on any atom is 0.426 e. The standard InChI is InChI=1S/C14H23ClN4O2/c1-9(2)8-19(18-13(20)21-14(4,5)6)11-10(3)7-16-12(15)17-11/h7,9H,8H2,1-6H3,(H,18,20). The van der Waals surface area contributed by atoms with Crippen molar-refractivity contribution in [3.8, 4) is 0 Å². The third-order valence-corrected chi connectivity index (χ3v) is 2.53. The SMILES string of the molecule is Cc1cnc(Cl)nc1N(CC(C)C)NC(=O)OC(C)(C)C. The zero-order valence-corrected chi connectivity index (χ0v) is 14.2. The van der Waals surface area contributed by atoms with Crippen molar-refractivity contribution in [1.82, 2.24) is 15.4 Å². The first-order chi connectivity index (χ1) is 9.58. The maximum absolute atomic E-state index is 12.0. The second-order valence-electron chi connectivity index (χ2n) is 6.26. The fourth-order valence-electron chi connectivity index (χ4n) is 1.65. The highest BCUT2D eigenvalue weighted by Crippen LogP contribution is 2.18. The molecule has 0 aliphatic carbocycles. The van der Waals surface area contributed by atoms with Crippen molar-refractivity contribution >= 4 is 23.5 Å². The predicted octanol–water partition coefficient (Wildman–Crippen LogP) is 3.34. The van der Waals surface area contributed by atoms with E-state index in [2.05, 4.69) is 15.4 Å². The summed E-state index contributed by atoms with van der Waals surface area (Å²) in [5.74, 6) is 0.877. The highest BCUT2D eigenvalue weighted by molar-refractivity contribution is 6.28. The lowest BCUT2D eigenvalue weighted by Gasteiger charge is -2.28. The van der Waals surface area contributed by atoms with Crippen LogP contribution >= 0.6 is 11.6 Å². The van der Waals surface area contributed by atoms with E-state index >= 15 is 0 Å². The zero-order chi connectivity index (χ0) is 16.2. The fourth-order valence-corrected chi connectivity index (χ4v) is 1.78. The van der Waals surface area contributed by atoms with E-state index < -0.39 is 11.7 Å². The molecule has 1 rings (SSSR count). The molecule has 0 atom stereocenters. The minimum absolute atomic E-state index is 0.135. The minimum atomic E-state index is -0.564. The maximum atomic E-state index is 12.0. The summed E-state index contributed by atoms with van der Waals surface area (Å²) in [5.41, 5.74) is 2.96. The Morgan fingerprint density at radius 3 is 2.62 bits per heavy atom. The molecule has 0 unspecified atom stereocenters. The number of anilines is 1. The summed E-state index contributed by atoms with van der Waals surface area (Å²) in [7, 11) is 0. The number of nitrogens with one attached hydrogen (secondary N) is 1. The molecule has 1 N–H and O–H groups in total. The number of hydrogen-bond acceptors (Lipinski definition) is 5. The second kappa shape index (κ2) is 6.93. The Morgan fingerprint density at radius 1 is 1.48 bits per heavy atom. The third kappa shape index (κ3) is 6.16. The lowest BCUT2D eigenvalue weighted by Crippen LogP contribution is -2.47. The van der Waals surface area contributed by atoms with Gasteiger partial charge in [0.1, 0.15) is 5.60 Å². The molecule has 118 valence electrons. The largest absolute Gasteiger partial charge is 0.443 e. The Labute approximate surface area is 130 Å². The van der Waals surface area contributed by atoms with E-state index in [1.54, 1.807) is 11.2 Å². The van der Waals surface area contributed by atoms with Crippen LogP contribution in [0.3, 0.4) is 0 Å². The van der Waals surface area contributed by atoms with E-state index in [9.17, 15) is 4.79 Å². The van der Waals surface area contributed by atoms with E-state index in [-0.39, 0.29) is 5.28 Å². The molecule has 0 fully saturated rings. The van der Waals surface area contributed by atoms with Crippen molar-refractivity contribution in [2.45, 2.75) is 47.1 Å². The summed E-state index contributed by atoms with van der Waals surface area (Å²) in [6.45, 7) is 12.0. The Kier molecular flexibility index (Phi) is 5.78. The van der Waals surface area contributed by atoms with Crippen LogP contribution in [-0.4, -0.2) is 28.2 Å². The average molecular weight is 315 g/mol. The number of amides is 1. The molecule has 0 saturated heterocycles. The summed E-state index contributed by atoms with van der Waals surface area (Å²) in [5, 5.41) is 1.78. The number of aryl methyl sites for hydroxylation is 1. The number of aromatic nitrogens is 2. The van der Waals surface area contributed by atoms with Gasteiger partial charge in [-0.05, 0) is 45.2 Å². The molecule has 6 nitrogen and oxygen atoms in total. The first-order valence-corrected chi connectivity index (χ1v) is 7.22. The molecule has 0 saturated carbocycles. The number of rotatable bonds is 4. The number of ether oxygens (including phenoxy) is 1. The zero-order valence-electron chi connectivity index (χ0n) is 13.4. The number of halogens is 1. The van der Waals surface area contributed by atoms with E-state index in [1.807, 2.05) is 41.5 Å². The summed E-state index contributed by atoms with van der Waals surface area (Å²) < 4.78 is 5.27. The molecule has 7 heteroatoms. The Balaban J connectivity index is 2.95. The second-order valence-corrected chi connectivity index (χ2v) is 6.60. The summed E-state index contributed by atoms with van der Waals surface area (Å²) in [6, 6.07) is 0. The Morgan fingerprint density at radius 2 is 2.10 bits per heavy atom. The van der Waals surface area contributed by atoms with E-state index in [0.29, 0.717) is 18.3 Å². The quantitative estimate of drug-likeness (QED) is 0.682. The van der Waals surface area contributed by atoms with Crippen molar-refractivity contribution < 1.29 is 9.53 Å². The molecule has 0 spiro atoms. The van der Waals surface area contributed by atoms with Gasteiger partial charge in [-0.25, -0.2) is 15.2 Å². The number of nitrogens with zero attached hydrogens (tertiary/aromatic N) is 3. The number of hydrogen-bond donors (Lipinski definition) is 1. The van der Waals surface area contributed by atoms with Gasteiger partial charge in [-0.1, -0.05) is 13.8 Å². The van der Waals surface area contributed by atoms with Gasteiger partial charge in [0.05, 0.1) is 0 Å². The number of hydrazine groups is 1. The van der Waals surface area contributed by atoms with Crippen molar-refractivity contribution in [2.75, 3.05) is 11.6 Å². The summed E-state index contributed by atoms with van der Waals surface area (Å²) in [4.78, 5) is 20.1. The van der Waals surface area contributed by atoms with E-state index in [4.69, 9.17) is 16.3 Å². The minimum Gasteiger partial charge on any atom is -0.443 e. The van der Waals surface area contributed by atoms with Gasteiger partial charge in [-0.15, -0.1) is 0 Å². The third-order valence-electron chi connectivity index (χ3n) is 2.34. The molecule has 0 aliphatic heterocycles. The monoisotopic (exact) mass is 314 g/mol. The average Bonchev–Trinajstić information content (AvgIpc) is 2.28. The van der Waals surface area contributed by atoms with Crippen LogP contribution < -0.4 is 10.4 Å². The lowest BCUT2D eigenvalue weighted by atomic mass is 10.2. The first-order valence-electron chi connectivity index (χ1n) is 6.85. The molecule has 0 aromatic carbocycles. The molecule has 1 aromatic heterocycles. The van der Waals surface area contributed by atoms with Crippen molar-refractivity contribution in [3.05, 3.63) is 17.0 Å². The molecule has 21 heavy (non-hydrogen) atoms. The Hall–Kier alpha value is -1.56. The molecule has 1 aromatic rings. The predicted molar refractivity (Wildman–Crippen MR) is 83.3 cm³/mol. The molecular weight excluding hydrogens is 292 g/mol. The molecule has 0 bridgehead atoms. The fraction of sp³-hybridized carbons (Fsp3) is 0.643. The Bertz CT molecular complexity index is 500. The van der Waals surface area contributed by atoms with Crippen LogP contribution in [0.25, 0.3) is 0 Å². The smallest absolute Gasteiger partial charge is 0.426 e. The van der Waals surface area contributed by atoms with Gasteiger partial charge in [0, 0.05) is 18.3 Å². The van der Waals surface area contributed by atoms with E-state index in [1.165, 1.54) is 0 Å². The molecule has 1 heterocycles. The number of carbonyl (C=O) groups is 1. The lowest BCUT2D eigenvalue weighted by molar-refractivity contribution is 0.0519. The number of carbonyl (C=O) groups excluding carboxylic acids is 1. The van der Waals surface area contributed by atoms with Gasteiger partial charge < -0.3 is 4.74 Å². The van der Waals surface area contributed by atoms with Gasteiger partial charge in [0.2, 0.25) is 5.28 Å². The van der Waals surface area contributed by atoms with Gasteiger partial charge >= 0.3 is 6.09 Å².